The Kier molecular flexibility index (Phi) is 8.39. The van der Waals surface area contributed by atoms with E-state index in [0.717, 1.165) is 0 Å². The first-order valence-electron chi connectivity index (χ1n) is 5.30. The third kappa shape index (κ3) is 8.67. The van der Waals surface area contributed by atoms with Crippen LogP contribution in [0.2, 0.25) is 0 Å². The molecule has 7 heteroatoms. The van der Waals surface area contributed by atoms with Crippen LogP contribution in [0.4, 0.5) is 0 Å². The highest BCUT2D eigenvalue weighted by Crippen LogP contribution is 2.01. The second-order valence-electron chi connectivity index (χ2n) is 3.57. The molecule has 0 fully saturated rings. The molecule has 0 radical (unpaired) electrons. The molecular weight excluding hydrogens is 292 g/mol. The minimum Gasteiger partial charge on any atom is -0.480 e. The van der Waals surface area contributed by atoms with Crippen molar-refractivity contribution >= 4 is 33.7 Å². The number of halogens is 1. The Hall–Kier alpha value is -1.11. The fourth-order valence-electron chi connectivity index (χ4n) is 1.25. The van der Waals surface area contributed by atoms with Gasteiger partial charge in [-0.15, -0.1) is 0 Å². The predicted octanol–water partition coefficient (Wildman–Crippen LogP) is 0.257. The molecule has 0 aliphatic rings. The van der Waals surface area contributed by atoms with Crippen molar-refractivity contribution in [1.29, 1.82) is 0 Å². The van der Waals surface area contributed by atoms with Crippen LogP contribution in [-0.2, 0) is 14.4 Å². The van der Waals surface area contributed by atoms with Gasteiger partial charge in [0.1, 0.15) is 6.04 Å². The Labute approximate surface area is 108 Å². The highest BCUT2D eigenvalue weighted by Gasteiger charge is 2.17. The van der Waals surface area contributed by atoms with Gasteiger partial charge in [-0.3, -0.25) is 9.59 Å². The lowest BCUT2D eigenvalue weighted by molar-refractivity contribution is -0.141. The molecule has 0 aromatic carbocycles. The molecule has 0 aliphatic carbocycles. The number of aliphatic carboxylic acids is 1. The smallest absolute Gasteiger partial charge is 0.326 e. The van der Waals surface area contributed by atoms with Crippen LogP contribution in [0.15, 0.2) is 0 Å². The molecule has 0 bridgehead atoms. The van der Waals surface area contributed by atoms with Gasteiger partial charge in [-0.2, -0.15) is 0 Å². The van der Waals surface area contributed by atoms with Crippen molar-refractivity contribution in [3.05, 3.63) is 0 Å². The van der Waals surface area contributed by atoms with E-state index in [1.807, 2.05) is 0 Å². The zero-order chi connectivity index (χ0) is 13.3. The third-order valence-electron chi connectivity index (χ3n) is 2.04. The van der Waals surface area contributed by atoms with Gasteiger partial charge in [0.25, 0.3) is 0 Å². The van der Waals surface area contributed by atoms with Crippen LogP contribution >= 0.6 is 15.9 Å². The largest absolute Gasteiger partial charge is 0.480 e. The molecule has 6 nitrogen and oxygen atoms in total. The molecule has 0 aliphatic heterocycles. The SMILES string of the molecule is CC(=O)NC(CCCCNC(=O)CBr)C(=O)O. The van der Waals surface area contributed by atoms with Crippen molar-refractivity contribution in [3.63, 3.8) is 0 Å². The normalized spacial score (nSPS) is 11.6. The number of carboxylic acid groups (broad SMARTS) is 1. The zero-order valence-electron chi connectivity index (χ0n) is 9.66. The molecule has 0 aromatic heterocycles. The number of carboxylic acids is 1. The quantitative estimate of drug-likeness (QED) is 0.442. The van der Waals surface area contributed by atoms with Gasteiger partial charge in [0, 0.05) is 13.5 Å². The van der Waals surface area contributed by atoms with Gasteiger partial charge in [-0.1, -0.05) is 15.9 Å². The summed E-state index contributed by atoms with van der Waals surface area (Å²) in [5.41, 5.74) is 0. The highest BCUT2D eigenvalue weighted by atomic mass is 79.9. The summed E-state index contributed by atoms with van der Waals surface area (Å²) in [6.45, 7) is 1.79. The Morgan fingerprint density at radius 2 is 1.94 bits per heavy atom. The maximum Gasteiger partial charge on any atom is 0.326 e. The molecular formula is C10H17BrN2O4. The summed E-state index contributed by atoms with van der Waals surface area (Å²) < 4.78 is 0. The Morgan fingerprint density at radius 1 is 1.29 bits per heavy atom. The van der Waals surface area contributed by atoms with E-state index in [2.05, 4.69) is 26.6 Å². The van der Waals surface area contributed by atoms with Crippen molar-refractivity contribution < 1.29 is 19.5 Å². The fraction of sp³-hybridized carbons (Fsp3) is 0.700. The maximum absolute atomic E-state index is 10.9. The first-order valence-corrected chi connectivity index (χ1v) is 6.42. The first kappa shape index (κ1) is 15.9. The van der Waals surface area contributed by atoms with E-state index in [-0.39, 0.29) is 17.1 Å². The number of hydrogen-bond donors (Lipinski definition) is 3. The van der Waals surface area contributed by atoms with Gasteiger partial charge in [-0.25, -0.2) is 4.79 Å². The maximum atomic E-state index is 10.9. The average Bonchev–Trinajstić information content (AvgIpc) is 2.25. The number of carbonyl (C=O) groups excluding carboxylic acids is 2. The van der Waals surface area contributed by atoms with Crippen molar-refractivity contribution in [1.82, 2.24) is 10.6 Å². The average molecular weight is 309 g/mol. The Morgan fingerprint density at radius 3 is 2.41 bits per heavy atom. The van der Waals surface area contributed by atoms with Crippen LogP contribution in [0.25, 0.3) is 0 Å². The van der Waals surface area contributed by atoms with Crippen molar-refractivity contribution in [3.8, 4) is 0 Å². The summed E-state index contributed by atoms with van der Waals surface area (Å²) >= 11 is 3.02. The van der Waals surface area contributed by atoms with Crippen LogP contribution in [0.3, 0.4) is 0 Å². The van der Waals surface area contributed by atoms with E-state index >= 15 is 0 Å². The second kappa shape index (κ2) is 8.98. The molecule has 2 amide bonds. The molecule has 1 atom stereocenters. The lowest BCUT2D eigenvalue weighted by atomic mass is 10.1. The van der Waals surface area contributed by atoms with E-state index in [4.69, 9.17) is 5.11 Å². The number of unbranched alkanes of at least 4 members (excludes halogenated alkanes) is 1. The zero-order valence-corrected chi connectivity index (χ0v) is 11.2. The Balaban J connectivity index is 3.72. The Bertz CT molecular complexity index is 283. The van der Waals surface area contributed by atoms with Crippen LogP contribution in [0.1, 0.15) is 26.2 Å². The van der Waals surface area contributed by atoms with Gasteiger partial charge in [0.05, 0.1) is 5.33 Å². The molecule has 0 spiro atoms. The van der Waals surface area contributed by atoms with Crippen molar-refractivity contribution in [2.45, 2.75) is 32.2 Å². The van der Waals surface area contributed by atoms with Gasteiger partial charge >= 0.3 is 5.97 Å². The summed E-state index contributed by atoms with van der Waals surface area (Å²) in [4.78, 5) is 32.4. The molecule has 0 heterocycles. The van der Waals surface area contributed by atoms with Crippen LogP contribution < -0.4 is 10.6 Å². The van der Waals surface area contributed by atoms with E-state index in [9.17, 15) is 14.4 Å². The summed E-state index contributed by atoms with van der Waals surface area (Å²) in [5.74, 6) is -1.49. The molecule has 17 heavy (non-hydrogen) atoms. The van der Waals surface area contributed by atoms with Crippen LogP contribution in [0.5, 0.6) is 0 Å². The summed E-state index contributed by atoms with van der Waals surface area (Å²) in [5, 5.41) is 14.1. The molecule has 3 N–H and O–H groups in total. The van der Waals surface area contributed by atoms with Gasteiger partial charge in [-0.05, 0) is 19.3 Å². The predicted molar refractivity (Wildman–Crippen MR) is 65.9 cm³/mol. The standard InChI is InChI=1S/C10H17BrN2O4/c1-7(14)13-8(10(16)17)4-2-3-5-12-9(15)6-11/h8H,2-6H2,1H3,(H,12,15)(H,13,14)(H,16,17). The second-order valence-corrected chi connectivity index (χ2v) is 4.13. The molecule has 0 saturated carbocycles. The van der Waals surface area contributed by atoms with Crippen LogP contribution in [0, 0.1) is 0 Å². The number of rotatable bonds is 8. The van der Waals surface area contributed by atoms with E-state index in [0.29, 0.717) is 25.8 Å². The minimum absolute atomic E-state index is 0.0957. The van der Waals surface area contributed by atoms with E-state index in [1.165, 1.54) is 6.92 Å². The lowest BCUT2D eigenvalue weighted by Crippen LogP contribution is -2.39. The topological polar surface area (TPSA) is 95.5 Å². The summed E-state index contributed by atoms with van der Waals surface area (Å²) in [6, 6.07) is -0.848. The van der Waals surface area contributed by atoms with Gasteiger partial charge < -0.3 is 15.7 Å². The fourth-order valence-corrected chi connectivity index (χ4v) is 1.45. The van der Waals surface area contributed by atoms with E-state index in [1.54, 1.807) is 0 Å². The minimum atomic E-state index is -1.04. The molecule has 0 aromatic rings. The highest BCUT2D eigenvalue weighted by molar-refractivity contribution is 9.09. The third-order valence-corrected chi connectivity index (χ3v) is 2.55. The summed E-state index contributed by atoms with van der Waals surface area (Å²) in [6.07, 6.45) is 1.67. The number of hydrogen-bond acceptors (Lipinski definition) is 3. The monoisotopic (exact) mass is 308 g/mol. The summed E-state index contributed by atoms with van der Waals surface area (Å²) in [7, 11) is 0. The molecule has 0 rings (SSSR count). The van der Waals surface area contributed by atoms with E-state index < -0.39 is 12.0 Å². The van der Waals surface area contributed by atoms with Crippen molar-refractivity contribution in [2.75, 3.05) is 11.9 Å². The lowest BCUT2D eigenvalue weighted by Gasteiger charge is -2.12. The molecule has 98 valence electrons. The van der Waals surface area contributed by atoms with Gasteiger partial charge in [0.15, 0.2) is 0 Å². The first-order chi connectivity index (χ1) is 7.97. The van der Waals surface area contributed by atoms with Crippen LogP contribution in [-0.4, -0.2) is 40.8 Å². The number of carbonyl (C=O) groups is 3. The molecule has 1 unspecified atom stereocenters. The van der Waals surface area contributed by atoms with Gasteiger partial charge in [0.2, 0.25) is 11.8 Å². The number of amides is 2. The number of alkyl halides is 1. The van der Waals surface area contributed by atoms with Crippen molar-refractivity contribution in [2.24, 2.45) is 0 Å². The molecule has 0 saturated heterocycles. The number of nitrogens with one attached hydrogen (secondary N) is 2.